The zero-order valence-corrected chi connectivity index (χ0v) is 15.5. The third kappa shape index (κ3) is 4.62. The molecule has 0 aromatic heterocycles. The van der Waals surface area contributed by atoms with Crippen molar-refractivity contribution in [2.75, 3.05) is 39.8 Å². The van der Waals surface area contributed by atoms with E-state index in [0.717, 1.165) is 38.0 Å². The van der Waals surface area contributed by atoms with E-state index in [2.05, 4.69) is 5.32 Å². The Kier molecular flexibility index (Phi) is 6.63. The number of carbonyl (C=O) groups is 2. The number of likely N-dealkylation sites (tertiary alicyclic amines) is 2. The molecule has 3 rings (SSSR count). The van der Waals surface area contributed by atoms with Crippen LogP contribution in [0.4, 0.5) is 0 Å². The van der Waals surface area contributed by atoms with Gasteiger partial charge in [0.1, 0.15) is 6.61 Å². The van der Waals surface area contributed by atoms with Crippen molar-refractivity contribution >= 4 is 11.8 Å². The van der Waals surface area contributed by atoms with Crippen LogP contribution in [0, 0.1) is 5.92 Å². The molecule has 2 amide bonds. The number of ether oxygens (including phenoxy) is 1. The highest BCUT2D eigenvalue weighted by molar-refractivity contribution is 5.79. The van der Waals surface area contributed by atoms with E-state index in [1.165, 1.54) is 0 Å². The van der Waals surface area contributed by atoms with E-state index in [9.17, 15) is 9.59 Å². The van der Waals surface area contributed by atoms with Gasteiger partial charge in [0, 0.05) is 38.6 Å². The summed E-state index contributed by atoms with van der Waals surface area (Å²) in [6.45, 7) is 3.59. The fourth-order valence-corrected chi connectivity index (χ4v) is 4.02. The standard InChI is InChI=1S/C20H29N3O3/c1-21-10-12-23-18-9-11-22(13-17(18)7-8-19(23)24)20(25)15-26-14-16-5-3-2-4-6-16/h2-6,17-18,21H,7-15H2,1H3. The van der Waals surface area contributed by atoms with E-state index in [1.807, 2.05) is 47.2 Å². The number of carbonyl (C=O) groups excluding carboxylic acids is 2. The summed E-state index contributed by atoms with van der Waals surface area (Å²) in [4.78, 5) is 28.7. The maximum atomic E-state index is 12.5. The second kappa shape index (κ2) is 9.14. The van der Waals surface area contributed by atoms with Gasteiger partial charge in [-0.05, 0) is 31.4 Å². The van der Waals surface area contributed by atoms with Crippen molar-refractivity contribution in [1.29, 1.82) is 0 Å². The van der Waals surface area contributed by atoms with Gasteiger partial charge in [-0.15, -0.1) is 0 Å². The van der Waals surface area contributed by atoms with Gasteiger partial charge in [0.25, 0.3) is 0 Å². The van der Waals surface area contributed by atoms with Gasteiger partial charge in [-0.25, -0.2) is 0 Å². The molecule has 0 spiro atoms. The Morgan fingerprint density at radius 1 is 1.27 bits per heavy atom. The molecule has 2 unspecified atom stereocenters. The third-order valence-electron chi connectivity index (χ3n) is 5.44. The van der Waals surface area contributed by atoms with Crippen molar-refractivity contribution in [1.82, 2.24) is 15.1 Å². The molecule has 0 radical (unpaired) electrons. The second-order valence-corrected chi connectivity index (χ2v) is 7.16. The lowest BCUT2D eigenvalue weighted by atomic mass is 9.83. The predicted octanol–water partition coefficient (Wildman–Crippen LogP) is 1.26. The molecular weight excluding hydrogens is 330 g/mol. The summed E-state index contributed by atoms with van der Waals surface area (Å²) in [5.74, 6) is 0.696. The average Bonchev–Trinajstić information content (AvgIpc) is 2.67. The molecule has 26 heavy (non-hydrogen) atoms. The van der Waals surface area contributed by atoms with Crippen LogP contribution in [-0.2, 0) is 20.9 Å². The van der Waals surface area contributed by atoms with E-state index in [1.54, 1.807) is 0 Å². The van der Waals surface area contributed by atoms with Gasteiger partial charge in [-0.2, -0.15) is 0 Å². The zero-order valence-electron chi connectivity index (χ0n) is 15.5. The second-order valence-electron chi connectivity index (χ2n) is 7.16. The minimum absolute atomic E-state index is 0.0538. The van der Waals surface area contributed by atoms with Crippen LogP contribution in [0.15, 0.2) is 30.3 Å². The lowest BCUT2D eigenvalue weighted by molar-refractivity contribution is -0.146. The van der Waals surface area contributed by atoms with Crippen molar-refractivity contribution in [3.63, 3.8) is 0 Å². The molecular formula is C20H29N3O3. The van der Waals surface area contributed by atoms with E-state index in [-0.39, 0.29) is 24.5 Å². The highest BCUT2D eigenvalue weighted by atomic mass is 16.5. The summed E-state index contributed by atoms with van der Waals surface area (Å²) in [5, 5.41) is 3.12. The first-order valence-electron chi connectivity index (χ1n) is 9.52. The Hall–Kier alpha value is -1.92. The van der Waals surface area contributed by atoms with Gasteiger partial charge in [0.15, 0.2) is 0 Å². The topological polar surface area (TPSA) is 61.9 Å². The molecule has 2 atom stereocenters. The lowest BCUT2D eigenvalue weighted by Gasteiger charge is -2.47. The average molecular weight is 359 g/mol. The Labute approximate surface area is 155 Å². The molecule has 6 nitrogen and oxygen atoms in total. The summed E-state index contributed by atoms with van der Waals surface area (Å²) < 4.78 is 5.60. The van der Waals surface area contributed by atoms with Gasteiger partial charge in [-0.1, -0.05) is 30.3 Å². The fraction of sp³-hybridized carbons (Fsp3) is 0.600. The number of likely N-dealkylation sites (N-methyl/N-ethyl adjacent to an activating group) is 1. The fourth-order valence-electron chi connectivity index (χ4n) is 4.02. The molecule has 0 bridgehead atoms. The number of amides is 2. The van der Waals surface area contributed by atoms with Crippen LogP contribution in [0.1, 0.15) is 24.8 Å². The number of benzene rings is 1. The quantitative estimate of drug-likeness (QED) is 0.796. The summed E-state index contributed by atoms with van der Waals surface area (Å²) in [7, 11) is 1.91. The SMILES string of the molecule is CNCCN1C(=O)CCC2CN(C(=O)COCc3ccccc3)CCC21. The van der Waals surface area contributed by atoms with Crippen molar-refractivity contribution in [2.45, 2.75) is 31.9 Å². The molecule has 2 saturated heterocycles. The van der Waals surface area contributed by atoms with E-state index in [4.69, 9.17) is 4.74 Å². The van der Waals surface area contributed by atoms with Gasteiger partial charge in [0.2, 0.25) is 11.8 Å². The molecule has 2 aliphatic heterocycles. The molecule has 2 aliphatic rings. The van der Waals surface area contributed by atoms with Crippen molar-refractivity contribution in [3.05, 3.63) is 35.9 Å². The number of fused-ring (bicyclic) bond motifs is 1. The normalized spacial score (nSPS) is 23.0. The Morgan fingerprint density at radius 3 is 2.85 bits per heavy atom. The number of nitrogens with zero attached hydrogens (tertiary/aromatic N) is 2. The molecule has 1 aromatic rings. The van der Waals surface area contributed by atoms with Crippen LogP contribution in [0.2, 0.25) is 0 Å². The molecule has 6 heteroatoms. The molecule has 142 valence electrons. The number of hydrogen-bond acceptors (Lipinski definition) is 4. The lowest BCUT2D eigenvalue weighted by Crippen LogP contribution is -2.58. The first-order valence-corrected chi connectivity index (χ1v) is 9.52. The minimum Gasteiger partial charge on any atom is -0.367 e. The Bertz CT molecular complexity index is 608. The van der Waals surface area contributed by atoms with E-state index < -0.39 is 0 Å². The van der Waals surface area contributed by atoms with Gasteiger partial charge in [-0.3, -0.25) is 9.59 Å². The first-order chi connectivity index (χ1) is 12.7. The summed E-state index contributed by atoms with van der Waals surface area (Å²) >= 11 is 0. The molecule has 0 saturated carbocycles. The summed E-state index contributed by atoms with van der Waals surface area (Å²) in [6.07, 6.45) is 2.34. The van der Waals surface area contributed by atoms with Crippen LogP contribution in [0.25, 0.3) is 0 Å². The van der Waals surface area contributed by atoms with E-state index in [0.29, 0.717) is 25.5 Å². The number of rotatable bonds is 7. The van der Waals surface area contributed by atoms with Crippen LogP contribution < -0.4 is 5.32 Å². The summed E-state index contributed by atoms with van der Waals surface area (Å²) in [5.41, 5.74) is 1.07. The maximum absolute atomic E-state index is 12.5. The minimum atomic E-state index is 0.0538. The van der Waals surface area contributed by atoms with Crippen LogP contribution in [0.3, 0.4) is 0 Å². The smallest absolute Gasteiger partial charge is 0.248 e. The van der Waals surface area contributed by atoms with Crippen molar-refractivity contribution in [2.24, 2.45) is 5.92 Å². The van der Waals surface area contributed by atoms with Crippen LogP contribution >= 0.6 is 0 Å². The Balaban J connectivity index is 1.48. The Morgan fingerprint density at radius 2 is 2.08 bits per heavy atom. The van der Waals surface area contributed by atoms with Gasteiger partial charge < -0.3 is 19.9 Å². The van der Waals surface area contributed by atoms with Crippen molar-refractivity contribution < 1.29 is 14.3 Å². The molecule has 1 aromatic carbocycles. The number of nitrogens with one attached hydrogen (secondary N) is 1. The first kappa shape index (κ1) is 18.9. The number of hydrogen-bond donors (Lipinski definition) is 1. The number of piperidine rings is 2. The predicted molar refractivity (Wildman–Crippen MR) is 99.4 cm³/mol. The summed E-state index contributed by atoms with van der Waals surface area (Å²) in [6, 6.07) is 10.2. The van der Waals surface area contributed by atoms with Crippen LogP contribution in [0.5, 0.6) is 0 Å². The largest absolute Gasteiger partial charge is 0.367 e. The van der Waals surface area contributed by atoms with Crippen molar-refractivity contribution in [3.8, 4) is 0 Å². The maximum Gasteiger partial charge on any atom is 0.248 e. The molecule has 2 fully saturated rings. The highest BCUT2D eigenvalue weighted by Gasteiger charge is 2.39. The van der Waals surface area contributed by atoms with Gasteiger partial charge in [0.05, 0.1) is 6.61 Å². The van der Waals surface area contributed by atoms with Crippen LogP contribution in [-0.4, -0.2) is 67.5 Å². The van der Waals surface area contributed by atoms with E-state index >= 15 is 0 Å². The zero-order chi connectivity index (χ0) is 18.4. The molecule has 1 N–H and O–H groups in total. The molecule has 0 aliphatic carbocycles. The highest BCUT2D eigenvalue weighted by Crippen LogP contribution is 2.31. The third-order valence-corrected chi connectivity index (χ3v) is 5.44. The molecule has 2 heterocycles. The monoisotopic (exact) mass is 359 g/mol. The van der Waals surface area contributed by atoms with Gasteiger partial charge >= 0.3 is 0 Å².